The first kappa shape index (κ1) is 23.4. The lowest BCUT2D eigenvalue weighted by atomic mass is 10.1. The van der Waals surface area contributed by atoms with Crippen molar-refractivity contribution in [3.8, 4) is 5.75 Å². The number of imide groups is 1. The number of methoxy groups -OCH3 is 1. The summed E-state index contributed by atoms with van der Waals surface area (Å²) in [4.78, 5) is 41.9. The zero-order valence-corrected chi connectivity index (χ0v) is 19.2. The van der Waals surface area contributed by atoms with Crippen LogP contribution in [0.2, 0.25) is 5.02 Å². The molecule has 34 heavy (non-hydrogen) atoms. The van der Waals surface area contributed by atoms with E-state index in [9.17, 15) is 18.8 Å². The van der Waals surface area contributed by atoms with Gasteiger partial charge in [0.15, 0.2) is 0 Å². The van der Waals surface area contributed by atoms with Crippen molar-refractivity contribution in [3.63, 3.8) is 0 Å². The molecule has 0 aliphatic carbocycles. The van der Waals surface area contributed by atoms with E-state index in [-0.39, 0.29) is 18.5 Å². The molecule has 0 unspecified atom stereocenters. The lowest BCUT2D eigenvalue weighted by Crippen LogP contribution is -2.46. The molecule has 1 saturated heterocycles. The Labute approximate surface area is 201 Å². The van der Waals surface area contributed by atoms with Gasteiger partial charge in [0.1, 0.15) is 17.6 Å². The number of benzene rings is 3. The first-order valence-corrected chi connectivity index (χ1v) is 11.1. The number of hydrogen-bond acceptors (Lipinski definition) is 4. The van der Waals surface area contributed by atoms with Crippen LogP contribution < -0.4 is 9.64 Å². The van der Waals surface area contributed by atoms with E-state index in [1.165, 1.54) is 23.1 Å². The van der Waals surface area contributed by atoms with Gasteiger partial charge in [0.05, 0.1) is 19.2 Å². The van der Waals surface area contributed by atoms with Crippen molar-refractivity contribution in [1.82, 2.24) is 4.90 Å². The van der Waals surface area contributed by atoms with Crippen LogP contribution in [0.15, 0.2) is 72.8 Å². The molecule has 1 atom stereocenters. The first-order chi connectivity index (χ1) is 16.4. The molecular formula is C26H22ClFN2O4. The molecule has 174 valence electrons. The fourth-order valence-corrected chi connectivity index (χ4v) is 4.07. The minimum absolute atomic E-state index is 0.111. The predicted molar refractivity (Wildman–Crippen MR) is 126 cm³/mol. The van der Waals surface area contributed by atoms with Gasteiger partial charge >= 0.3 is 0 Å². The molecule has 1 fully saturated rings. The SMILES string of the molecule is COc1ccc(CCN(C(=O)c2cccc(F)c2)[C@H]2CC(=O)N(c3ccc(Cl)cc3)C2=O)cc1. The topological polar surface area (TPSA) is 66.9 Å². The van der Waals surface area contributed by atoms with Crippen molar-refractivity contribution in [3.05, 3.63) is 94.8 Å². The van der Waals surface area contributed by atoms with E-state index in [4.69, 9.17) is 16.3 Å². The number of carbonyl (C=O) groups excluding carboxylic acids is 3. The van der Waals surface area contributed by atoms with Crippen LogP contribution in [0.25, 0.3) is 0 Å². The molecule has 8 heteroatoms. The van der Waals surface area contributed by atoms with Crippen LogP contribution in [0.1, 0.15) is 22.3 Å². The van der Waals surface area contributed by atoms with Crippen molar-refractivity contribution in [1.29, 1.82) is 0 Å². The summed E-state index contributed by atoms with van der Waals surface area (Å²) in [5, 5.41) is 0.474. The van der Waals surface area contributed by atoms with E-state index < -0.39 is 29.6 Å². The van der Waals surface area contributed by atoms with Crippen molar-refractivity contribution >= 4 is 35.0 Å². The minimum Gasteiger partial charge on any atom is -0.497 e. The molecule has 0 aromatic heterocycles. The number of anilines is 1. The zero-order valence-electron chi connectivity index (χ0n) is 18.4. The maximum atomic E-state index is 13.8. The van der Waals surface area contributed by atoms with E-state index >= 15 is 0 Å². The van der Waals surface area contributed by atoms with E-state index in [0.717, 1.165) is 16.5 Å². The highest BCUT2D eigenvalue weighted by molar-refractivity contribution is 6.31. The Bertz CT molecular complexity index is 1210. The van der Waals surface area contributed by atoms with Gasteiger partial charge in [-0.1, -0.05) is 29.8 Å². The molecule has 0 spiro atoms. The van der Waals surface area contributed by atoms with Gasteiger partial charge < -0.3 is 9.64 Å². The van der Waals surface area contributed by atoms with Gasteiger partial charge in [-0.2, -0.15) is 0 Å². The Balaban J connectivity index is 1.62. The Morgan fingerprint density at radius 1 is 1.09 bits per heavy atom. The molecule has 3 aromatic carbocycles. The molecule has 1 heterocycles. The van der Waals surface area contributed by atoms with Crippen molar-refractivity contribution in [2.24, 2.45) is 0 Å². The van der Waals surface area contributed by atoms with Gasteiger partial charge in [0.25, 0.3) is 11.8 Å². The number of amides is 3. The van der Waals surface area contributed by atoms with Gasteiger partial charge in [-0.15, -0.1) is 0 Å². The van der Waals surface area contributed by atoms with E-state index in [1.807, 2.05) is 12.1 Å². The summed E-state index contributed by atoms with van der Waals surface area (Å²) >= 11 is 5.93. The Morgan fingerprint density at radius 3 is 2.44 bits per heavy atom. The first-order valence-electron chi connectivity index (χ1n) is 10.7. The molecule has 6 nitrogen and oxygen atoms in total. The molecule has 0 saturated carbocycles. The molecule has 3 aromatic rings. The quantitative estimate of drug-likeness (QED) is 0.467. The molecule has 0 bridgehead atoms. The number of carbonyl (C=O) groups is 3. The molecule has 0 N–H and O–H groups in total. The van der Waals surface area contributed by atoms with Crippen molar-refractivity contribution in [2.45, 2.75) is 18.9 Å². The van der Waals surface area contributed by atoms with Crippen LogP contribution in [-0.2, 0) is 16.0 Å². The van der Waals surface area contributed by atoms with Gasteiger partial charge in [-0.25, -0.2) is 9.29 Å². The molecule has 1 aliphatic heterocycles. The average Bonchev–Trinajstić information content (AvgIpc) is 3.13. The largest absolute Gasteiger partial charge is 0.497 e. The third-order valence-corrected chi connectivity index (χ3v) is 5.97. The fraction of sp³-hybridized carbons (Fsp3) is 0.192. The number of rotatable bonds is 7. The maximum absolute atomic E-state index is 13.8. The standard InChI is InChI=1S/C26H22ClFN2O4/c1-34-22-11-5-17(6-12-22)13-14-29(25(32)18-3-2-4-20(28)15-18)23-16-24(31)30(26(23)33)21-9-7-19(27)8-10-21/h2-12,15,23H,13-14,16H2,1H3/t23-/m0/s1. The summed E-state index contributed by atoms with van der Waals surface area (Å²) in [6.45, 7) is 0.166. The Morgan fingerprint density at radius 2 is 1.79 bits per heavy atom. The van der Waals surface area contributed by atoms with E-state index in [0.29, 0.717) is 22.9 Å². The minimum atomic E-state index is -1.00. The van der Waals surface area contributed by atoms with E-state index in [1.54, 1.807) is 43.5 Å². The summed E-state index contributed by atoms with van der Waals surface area (Å²) < 4.78 is 19.0. The monoisotopic (exact) mass is 480 g/mol. The Hall–Kier alpha value is -3.71. The molecule has 4 rings (SSSR count). The number of nitrogens with zero attached hydrogens (tertiary/aromatic N) is 2. The zero-order chi connectivity index (χ0) is 24.2. The lowest BCUT2D eigenvalue weighted by Gasteiger charge is -2.28. The van der Waals surface area contributed by atoms with Crippen molar-refractivity contribution in [2.75, 3.05) is 18.6 Å². The smallest absolute Gasteiger partial charge is 0.257 e. The number of hydrogen-bond donors (Lipinski definition) is 0. The van der Waals surface area contributed by atoms with Gasteiger partial charge in [0.2, 0.25) is 5.91 Å². The van der Waals surface area contributed by atoms with Gasteiger partial charge in [0, 0.05) is 17.1 Å². The second-order valence-corrected chi connectivity index (χ2v) is 8.31. The van der Waals surface area contributed by atoms with E-state index in [2.05, 4.69) is 0 Å². The summed E-state index contributed by atoms with van der Waals surface area (Å²) in [7, 11) is 1.57. The van der Waals surface area contributed by atoms with Crippen LogP contribution in [0.3, 0.4) is 0 Å². The third-order valence-electron chi connectivity index (χ3n) is 5.72. The third kappa shape index (κ3) is 4.94. The molecule has 1 aliphatic rings. The highest BCUT2D eigenvalue weighted by Crippen LogP contribution is 2.28. The fourth-order valence-electron chi connectivity index (χ4n) is 3.95. The van der Waals surface area contributed by atoms with Crippen LogP contribution in [0.5, 0.6) is 5.75 Å². The van der Waals surface area contributed by atoms with Crippen LogP contribution in [0, 0.1) is 5.82 Å². The van der Waals surface area contributed by atoms with Crippen LogP contribution >= 0.6 is 11.6 Å². The second kappa shape index (κ2) is 10.1. The van der Waals surface area contributed by atoms with Gasteiger partial charge in [-0.05, 0) is 66.6 Å². The average molecular weight is 481 g/mol. The summed E-state index contributed by atoms with van der Waals surface area (Å²) in [6, 6.07) is 18.0. The second-order valence-electron chi connectivity index (χ2n) is 7.87. The summed E-state index contributed by atoms with van der Waals surface area (Å²) in [6.07, 6.45) is 0.273. The number of halogens is 2. The number of ether oxygens (including phenoxy) is 1. The molecular weight excluding hydrogens is 459 g/mol. The van der Waals surface area contributed by atoms with Crippen molar-refractivity contribution < 1.29 is 23.5 Å². The highest BCUT2D eigenvalue weighted by atomic mass is 35.5. The molecule has 0 radical (unpaired) electrons. The lowest BCUT2D eigenvalue weighted by molar-refractivity contribution is -0.122. The van der Waals surface area contributed by atoms with Crippen LogP contribution in [0.4, 0.5) is 10.1 Å². The Kier molecular flexibility index (Phi) is 6.93. The summed E-state index contributed by atoms with van der Waals surface area (Å²) in [5.41, 5.74) is 1.42. The summed E-state index contributed by atoms with van der Waals surface area (Å²) in [5.74, 6) is -1.30. The van der Waals surface area contributed by atoms with Gasteiger partial charge in [-0.3, -0.25) is 14.4 Å². The highest BCUT2D eigenvalue weighted by Gasteiger charge is 2.44. The van der Waals surface area contributed by atoms with Crippen LogP contribution in [-0.4, -0.2) is 42.3 Å². The predicted octanol–water partition coefficient (Wildman–Crippen LogP) is 4.50. The normalized spacial score (nSPS) is 15.5. The molecule has 3 amide bonds. The maximum Gasteiger partial charge on any atom is 0.257 e.